The molecule has 0 spiro atoms. The molecule has 25 heavy (non-hydrogen) atoms. The Morgan fingerprint density at radius 3 is 2.40 bits per heavy atom. The van der Waals surface area contributed by atoms with Gasteiger partial charge in [-0.1, -0.05) is 17.7 Å². The lowest BCUT2D eigenvalue weighted by Crippen LogP contribution is -2.34. The van der Waals surface area contributed by atoms with Crippen molar-refractivity contribution in [2.45, 2.75) is 19.9 Å². The average Bonchev–Trinajstić information content (AvgIpc) is 2.63. The summed E-state index contributed by atoms with van der Waals surface area (Å²) < 4.78 is 10.4. The van der Waals surface area contributed by atoms with Crippen LogP contribution in [0.15, 0.2) is 47.6 Å². The summed E-state index contributed by atoms with van der Waals surface area (Å²) in [5.41, 5.74) is 5.37. The number of aryl methyl sites for hydroxylation is 1. The fourth-order valence-corrected chi connectivity index (χ4v) is 2.17. The average molecular weight is 341 g/mol. The standard InChI is InChI=1S/C19H23N3O3/c1-13-5-8-16(9-6-13)21-14(2)19(23)22-20-12-15-7-10-17(24-3)18(11-15)25-4/h5-12,14,21H,1-4H3,(H,22,23)/b20-12+. The maximum atomic E-state index is 12.1. The molecular weight excluding hydrogens is 318 g/mol. The number of rotatable bonds is 7. The molecule has 0 saturated carbocycles. The molecule has 2 aromatic carbocycles. The topological polar surface area (TPSA) is 72.0 Å². The van der Waals surface area contributed by atoms with Crippen LogP contribution < -0.4 is 20.2 Å². The van der Waals surface area contributed by atoms with Crippen molar-refractivity contribution >= 4 is 17.8 Å². The molecule has 1 unspecified atom stereocenters. The molecule has 0 fully saturated rings. The van der Waals surface area contributed by atoms with Gasteiger partial charge in [0.1, 0.15) is 6.04 Å². The van der Waals surface area contributed by atoms with Gasteiger partial charge in [-0.2, -0.15) is 5.10 Å². The van der Waals surface area contributed by atoms with E-state index in [0.29, 0.717) is 11.5 Å². The number of carbonyl (C=O) groups excluding carboxylic acids is 1. The maximum absolute atomic E-state index is 12.1. The lowest BCUT2D eigenvalue weighted by atomic mass is 10.2. The summed E-state index contributed by atoms with van der Waals surface area (Å²) >= 11 is 0. The minimum Gasteiger partial charge on any atom is -0.493 e. The summed E-state index contributed by atoms with van der Waals surface area (Å²) in [5, 5.41) is 7.12. The number of ether oxygens (including phenoxy) is 2. The highest BCUT2D eigenvalue weighted by Crippen LogP contribution is 2.26. The zero-order chi connectivity index (χ0) is 18.2. The molecule has 0 heterocycles. The first-order valence-corrected chi connectivity index (χ1v) is 7.91. The second-order valence-electron chi connectivity index (χ2n) is 5.58. The zero-order valence-electron chi connectivity index (χ0n) is 14.9. The molecule has 0 aliphatic heterocycles. The fourth-order valence-electron chi connectivity index (χ4n) is 2.17. The highest BCUT2D eigenvalue weighted by atomic mass is 16.5. The van der Waals surface area contributed by atoms with Gasteiger partial charge in [0.2, 0.25) is 0 Å². The molecule has 0 bridgehead atoms. The van der Waals surface area contributed by atoms with Gasteiger partial charge in [0.25, 0.3) is 5.91 Å². The van der Waals surface area contributed by atoms with Gasteiger partial charge in [0, 0.05) is 5.69 Å². The van der Waals surface area contributed by atoms with Gasteiger partial charge in [-0.25, -0.2) is 5.43 Å². The minimum absolute atomic E-state index is 0.225. The first-order valence-electron chi connectivity index (χ1n) is 7.91. The van der Waals surface area contributed by atoms with Crippen LogP contribution in [0.5, 0.6) is 11.5 Å². The Morgan fingerprint density at radius 2 is 1.76 bits per heavy atom. The van der Waals surface area contributed by atoms with Crippen LogP contribution in [-0.2, 0) is 4.79 Å². The number of benzene rings is 2. The number of hydrazone groups is 1. The molecule has 2 N–H and O–H groups in total. The fraction of sp³-hybridized carbons (Fsp3) is 0.263. The summed E-state index contributed by atoms with van der Waals surface area (Å²) in [4.78, 5) is 12.1. The molecule has 0 aliphatic carbocycles. The van der Waals surface area contributed by atoms with Crippen LogP contribution in [0.2, 0.25) is 0 Å². The molecule has 132 valence electrons. The van der Waals surface area contributed by atoms with E-state index < -0.39 is 6.04 Å². The number of nitrogens with one attached hydrogen (secondary N) is 2. The van der Waals surface area contributed by atoms with Crippen molar-refractivity contribution in [1.82, 2.24) is 5.43 Å². The molecule has 6 heteroatoms. The predicted molar refractivity (Wildman–Crippen MR) is 99.5 cm³/mol. The van der Waals surface area contributed by atoms with Crippen LogP contribution in [0.25, 0.3) is 0 Å². The monoisotopic (exact) mass is 341 g/mol. The number of nitrogens with zero attached hydrogens (tertiary/aromatic N) is 1. The van der Waals surface area contributed by atoms with E-state index in [-0.39, 0.29) is 5.91 Å². The smallest absolute Gasteiger partial charge is 0.262 e. The molecule has 1 amide bonds. The molecule has 1 atom stereocenters. The molecule has 0 aromatic heterocycles. The van der Waals surface area contributed by atoms with Crippen LogP contribution in [0.3, 0.4) is 0 Å². The van der Waals surface area contributed by atoms with Crippen LogP contribution in [-0.4, -0.2) is 32.4 Å². The molecular formula is C19H23N3O3. The van der Waals surface area contributed by atoms with Crippen molar-refractivity contribution in [1.29, 1.82) is 0 Å². The third kappa shape index (κ3) is 5.24. The summed E-state index contributed by atoms with van der Waals surface area (Å²) in [6.07, 6.45) is 1.55. The van der Waals surface area contributed by atoms with Crippen molar-refractivity contribution < 1.29 is 14.3 Å². The SMILES string of the molecule is COc1ccc(/C=N/NC(=O)C(C)Nc2ccc(C)cc2)cc1OC. The normalized spacial score (nSPS) is 11.8. The number of methoxy groups -OCH3 is 2. The molecule has 2 aromatic rings. The van der Waals surface area contributed by atoms with E-state index in [9.17, 15) is 4.79 Å². The second kappa shape index (κ2) is 8.73. The predicted octanol–water partition coefficient (Wildman–Crippen LogP) is 2.96. The Hall–Kier alpha value is -3.02. The van der Waals surface area contributed by atoms with E-state index >= 15 is 0 Å². The third-order valence-corrected chi connectivity index (χ3v) is 3.62. The first-order chi connectivity index (χ1) is 12.0. The van der Waals surface area contributed by atoms with Gasteiger partial charge < -0.3 is 14.8 Å². The third-order valence-electron chi connectivity index (χ3n) is 3.62. The maximum Gasteiger partial charge on any atom is 0.262 e. The summed E-state index contributed by atoms with van der Waals surface area (Å²) in [7, 11) is 3.15. The zero-order valence-corrected chi connectivity index (χ0v) is 14.9. The highest BCUT2D eigenvalue weighted by Gasteiger charge is 2.11. The van der Waals surface area contributed by atoms with E-state index in [1.165, 1.54) is 5.56 Å². The number of carbonyl (C=O) groups is 1. The summed E-state index contributed by atoms with van der Waals surface area (Å²) in [5.74, 6) is 1.02. The Kier molecular flexibility index (Phi) is 6.39. The molecule has 2 rings (SSSR count). The van der Waals surface area contributed by atoms with Gasteiger partial charge in [0.15, 0.2) is 11.5 Å². The largest absolute Gasteiger partial charge is 0.493 e. The Bertz CT molecular complexity index is 742. The van der Waals surface area contributed by atoms with Crippen molar-refractivity contribution in [2.24, 2.45) is 5.10 Å². The van der Waals surface area contributed by atoms with E-state index in [4.69, 9.17) is 9.47 Å². The lowest BCUT2D eigenvalue weighted by molar-refractivity contribution is -0.121. The van der Waals surface area contributed by atoms with Crippen LogP contribution >= 0.6 is 0 Å². The van der Waals surface area contributed by atoms with Gasteiger partial charge in [-0.15, -0.1) is 0 Å². The number of amides is 1. The van der Waals surface area contributed by atoms with Crippen LogP contribution in [0.4, 0.5) is 5.69 Å². The van der Waals surface area contributed by atoms with Crippen molar-refractivity contribution in [3.05, 3.63) is 53.6 Å². The van der Waals surface area contributed by atoms with Crippen molar-refractivity contribution in [2.75, 3.05) is 19.5 Å². The van der Waals surface area contributed by atoms with E-state index in [0.717, 1.165) is 11.3 Å². The lowest BCUT2D eigenvalue weighted by Gasteiger charge is -2.13. The second-order valence-corrected chi connectivity index (χ2v) is 5.58. The van der Waals surface area contributed by atoms with Crippen LogP contribution in [0.1, 0.15) is 18.1 Å². The molecule has 6 nitrogen and oxygen atoms in total. The van der Waals surface area contributed by atoms with Gasteiger partial charge in [-0.3, -0.25) is 4.79 Å². The van der Waals surface area contributed by atoms with E-state index in [2.05, 4.69) is 15.8 Å². The Labute approximate surface area is 147 Å². The van der Waals surface area contributed by atoms with Gasteiger partial charge >= 0.3 is 0 Å². The van der Waals surface area contributed by atoms with Gasteiger partial charge in [-0.05, 0) is 49.7 Å². The molecule has 0 aliphatic rings. The highest BCUT2D eigenvalue weighted by molar-refractivity contribution is 5.86. The van der Waals surface area contributed by atoms with Gasteiger partial charge in [0.05, 0.1) is 20.4 Å². The minimum atomic E-state index is -0.412. The molecule has 0 radical (unpaired) electrons. The Morgan fingerprint density at radius 1 is 1.08 bits per heavy atom. The molecule has 0 saturated heterocycles. The number of hydrogen-bond donors (Lipinski definition) is 2. The van der Waals surface area contributed by atoms with Crippen LogP contribution in [0, 0.1) is 6.92 Å². The first kappa shape index (κ1) is 18.3. The summed E-state index contributed by atoms with van der Waals surface area (Å²) in [6, 6.07) is 12.8. The Balaban J connectivity index is 1.92. The quantitative estimate of drug-likeness (QED) is 0.600. The number of anilines is 1. The van der Waals surface area contributed by atoms with Crippen molar-refractivity contribution in [3.8, 4) is 11.5 Å². The summed E-state index contributed by atoms with van der Waals surface area (Å²) in [6.45, 7) is 3.80. The van der Waals surface area contributed by atoms with E-state index in [1.807, 2.05) is 37.3 Å². The van der Waals surface area contributed by atoms with E-state index in [1.54, 1.807) is 39.5 Å². The number of hydrogen-bond acceptors (Lipinski definition) is 5. The van der Waals surface area contributed by atoms with Crippen molar-refractivity contribution in [3.63, 3.8) is 0 Å².